The highest BCUT2D eigenvalue weighted by atomic mass is 35.5. The smallest absolute Gasteiger partial charge is 0.407 e. The second-order valence-corrected chi connectivity index (χ2v) is 9.31. The van der Waals surface area contributed by atoms with Crippen LogP contribution in [0.3, 0.4) is 0 Å². The molecule has 2 unspecified atom stereocenters. The number of ether oxygens (including phenoxy) is 1. The van der Waals surface area contributed by atoms with Crippen LogP contribution >= 0.6 is 11.6 Å². The Hall–Kier alpha value is -2.90. The zero-order valence-corrected chi connectivity index (χ0v) is 21.8. The first-order chi connectivity index (χ1) is 17.4. The van der Waals surface area contributed by atoms with Gasteiger partial charge in [-0.15, -0.1) is 0 Å². The zero-order valence-electron chi connectivity index (χ0n) is 21.0. The molecular formula is C28H38ClN3O4. The Kier molecular flexibility index (Phi) is 13.6. The Bertz CT molecular complexity index is 955. The van der Waals surface area contributed by atoms with Crippen LogP contribution in [0.4, 0.5) is 4.79 Å². The minimum Gasteiger partial charge on any atom is -0.445 e. The Balaban J connectivity index is 1.77. The van der Waals surface area contributed by atoms with Crippen LogP contribution in [0.25, 0.3) is 0 Å². The summed E-state index contributed by atoms with van der Waals surface area (Å²) in [4.78, 5) is 37.5. The summed E-state index contributed by atoms with van der Waals surface area (Å²) in [7, 11) is 0. The molecule has 0 fully saturated rings. The quantitative estimate of drug-likeness (QED) is 0.278. The van der Waals surface area contributed by atoms with E-state index in [4.69, 9.17) is 22.1 Å². The molecule has 8 heteroatoms. The minimum atomic E-state index is -0.645. The molecule has 196 valence electrons. The minimum absolute atomic E-state index is 0.0941. The molecular weight excluding hydrogens is 478 g/mol. The highest BCUT2D eigenvalue weighted by Gasteiger charge is 2.24. The molecule has 0 saturated carbocycles. The Morgan fingerprint density at radius 2 is 1.64 bits per heavy atom. The number of nitrogens with two attached hydrogens (primary N) is 1. The maximum atomic E-state index is 12.8. The van der Waals surface area contributed by atoms with Crippen molar-refractivity contribution in [3.05, 3.63) is 70.7 Å². The molecule has 7 nitrogen and oxygen atoms in total. The molecule has 0 heterocycles. The fourth-order valence-corrected chi connectivity index (χ4v) is 3.94. The van der Waals surface area contributed by atoms with Crippen molar-refractivity contribution >= 4 is 29.4 Å². The molecule has 36 heavy (non-hydrogen) atoms. The van der Waals surface area contributed by atoms with Gasteiger partial charge in [0.1, 0.15) is 6.61 Å². The van der Waals surface area contributed by atoms with E-state index in [0.29, 0.717) is 43.8 Å². The van der Waals surface area contributed by atoms with Crippen LogP contribution in [0.2, 0.25) is 5.02 Å². The number of hydrogen-bond donors (Lipinski definition) is 3. The maximum Gasteiger partial charge on any atom is 0.407 e. The molecule has 0 aromatic heterocycles. The van der Waals surface area contributed by atoms with Crippen molar-refractivity contribution in [3.8, 4) is 0 Å². The molecule has 2 amide bonds. The molecule has 2 aromatic carbocycles. The van der Waals surface area contributed by atoms with Crippen LogP contribution in [0.15, 0.2) is 54.6 Å². The summed E-state index contributed by atoms with van der Waals surface area (Å²) in [6.07, 6.45) is 3.78. The van der Waals surface area contributed by atoms with Gasteiger partial charge in [-0.25, -0.2) is 4.79 Å². The standard InChI is InChI=1S/C28H38ClN3O4/c1-2-3-16-31-27(34)22(19-26(33)25(30)18-21-11-5-4-6-12-21)13-9-10-17-32-28(35)36-20-23-14-7-8-15-24(23)29/h4-8,11-12,14-15,22,25H,2-3,9-10,13,16-20,30H2,1H3,(H,31,34)(H,32,35). The molecule has 0 saturated heterocycles. The Labute approximate surface area is 219 Å². The number of hydrogen-bond acceptors (Lipinski definition) is 5. The normalized spacial score (nSPS) is 12.4. The highest BCUT2D eigenvalue weighted by molar-refractivity contribution is 6.31. The lowest BCUT2D eigenvalue weighted by Crippen LogP contribution is -2.38. The lowest BCUT2D eigenvalue weighted by molar-refractivity contribution is -0.130. The first-order valence-corrected chi connectivity index (χ1v) is 13.0. The lowest BCUT2D eigenvalue weighted by Gasteiger charge is -2.19. The van der Waals surface area contributed by atoms with Gasteiger partial charge in [-0.3, -0.25) is 9.59 Å². The van der Waals surface area contributed by atoms with E-state index in [1.807, 2.05) is 42.5 Å². The monoisotopic (exact) mass is 515 g/mol. The van der Waals surface area contributed by atoms with E-state index < -0.39 is 18.1 Å². The van der Waals surface area contributed by atoms with Crippen molar-refractivity contribution in [1.82, 2.24) is 10.6 Å². The fourth-order valence-electron chi connectivity index (χ4n) is 3.75. The molecule has 4 N–H and O–H groups in total. The largest absolute Gasteiger partial charge is 0.445 e. The topological polar surface area (TPSA) is 111 Å². The third kappa shape index (κ3) is 11.2. The molecule has 0 bridgehead atoms. The van der Waals surface area contributed by atoms with Crippen molar-refractivity contribution in [1.29, 1.82) is 0 Å². The van der Waals surface area contributed by atoms with Crippen molar-refractivity contribution < 1.29 is 19.1 Å². The number of rotatable bonds is 16. The van der Waals surface area contributed by atoms with Crippen molar-refractivity contribution in [2.24, 2.45) is 11.7 Å². The van der Waals surface area contributed by atoms with Gasteiger partial charge in [-0.05, 0) is 37.3 Å². The molecule has 2 atom stereocenters. The first-order valence-electron chi connectivity index (χ1n) is 12.6. The van der Waals surface area contributed by atoms with Gasteiger partial charge in [0.2, 0.25) is 5.91 Å². The summed E-state index contributed by atoms with van der Waals surface area (Å²) in [6.45, 7) is 3.15. The van der Waals surface area contributed by atoms with E-state index in [-0.39, 0.29) is 24.7 Å². The number of Topliss-reactive ketones (excluding diaryl/α,β-unsaturated/α-hetero) is 1. The van der Waals surface area contributed by atoms with Gasteiger partial charge in [0.15, 0.2) is 5.78 Å². The van der Waals surface area contributed by atoms with E-state index in [2.05, 4.69) is 17.6 Å². The Morgan fingerprint density at radius 1 is 0.944 bits per heavy atom. The lowest BCUT2D eigenvalue weighted by atomic mass is 9.91. The van der Waals surface area contributed by atoms with Crippen LogP contribution in [0.5, 0.6) is 0 Å². The number of unbranched alkanes of at least 4 members (excludes halogenated alkanes) is 2. The summed E-state index contributed by atoms with van der Waals surface area (Å²) in [5.41, 5.74) is 7.89. The number of nitrogens with one attached hydrogen (secondary N) is 2. The van der Waals surface area contributed by atoms with Crippen LogP contribution in [0, 0.1) is 5.92 Å². The van der Waals surface area contributed by atoms with Gasteiger partial charge < -0.3 is 21.1 Å². The molecule has 0 radical (unpaired) electrons. The molecule has 2 aromatic rings. The summed E-state index contributed by atoms with van der Waals surface area (Å²) in [5.74, 6) is -0.671. The van der Waals surface area contributed by atoms with Crippen molar-refractivity contribution in [2.75, 3.05) is 13.1 Å². The third-order valence-corrected chi connectivity index (χ3v) is 6.29. The van der Waals surface area contributed by atoms with Gasteiger partial charge in [0.05, 0.1) is 6.04 Å². The van der Waals surface area contributed by atoms with Gasteiger partial charge in [0.25, 0.3) is 0 Å². The predicted molar refractivity (Wildman–Crippen MR) is 143 cm³/mol. The number of amides is 2. The van der Waals surface area contributed by atoms with Gasteiger partial charge in [0, 0.05) is 36.0 Å². The van der Waals surface area contributed by atoms with Crippen LogP contribution in [-0.2, 0) is 27.4 Å². The van der Waals surface area contributed by atoms with E-state index in [0.717, 1.165) is 24.0 Å². The fraction of sp³-hybridized carbons (Fsp3) is 0.464. The summed E-state index contributed by atoms with van der Waals surface area (Å²) < 4.78 is 5.20. The van der Waals surface area contributed by atoms with E-state index in [1.165, 1.54) is 0 Å². The van der Waals surface area contributed by atoms with Crippen molar-refractivity contribution in [3.63, 3.8) is 0 Å². The molecule has 0 spiro atoms. The van der Waals surface area contributed by atoms with E-state index >= 15 is 0 Å². The number of alkyl carbamates (subject to hydrolysis) is 1. The second-order valence-electron chi connectivity index (χ2n) is 8.90. The summed E-state index contributed by atoms with van der Waals surface area (Å²) in [6, 6.07) is 16.2. The molecule has 2 rings (SSSR count). The predicted octanol–water partition coefficient (Wildman–Crippen LogP) is 4.80. The third-order valence-electron chi connectivity index (χ3n) is 5.93. The highest BCUT2D eigenvalue weighted by Crippen LogP contribution is 2.17. The van der Waals surface area contributed by atoms with E-state index in [1.54, 1.807) is 12.1 Å². The number of ketones is 1. The number of benzene rings is 2. The van der Waals surface area contributed by atoms with E-state index in [9.17, 15) is 14.4 Å². The second kappa shape index (κ2) is 16.7. The van der Waals surface area contributed by atoms with Crippen LogP contribution in [-0.4, -0.2) is 36.9 Å². The number of carbonyl (C=O) groups is 3. The molecule has 0 aliphatic rings. The summed E-state index contributed by atoms with van der Waals surface area (Å²) in [5, 5.41) is 6.20. The Morgan fingerprint density at radius 3 is 2.36 bits per heavy atom. The van der Waals surface area contributed by atoms with Gasteiger partial charge in [-0.2, -0.15) is 0 Å². The van der Waals surface area contributed by atoms with Crippen LogP contribution < -0.4 is 16.4 Å². The average Bonchev–Trinajstić information content (AvgIpc) is 2.87. The SMILES string of the molecule is CCCCNC(=O)C(CCCCNC(=O)OCc1ccccc1Cl)CC(=O)C(N)Cc1ccccc1. The zero-order chi connectivity index (χ0) is 26.2. The van der Waals surface area contributed by atoms with Gasteiger partial charge in [-0.1, -0.05) is 79.9 Å². The first kappa shape index (κ1) is 29.3. The number of halogens is 1. The van der Waals surface area contributed by atoms with Gasteiger partial charge >= 0.3 is 6.09 Å². The summed E-state index contributed by atoms with van der Waals surface area (Å²) >= 11 is 6.07. The molecule has 0 aliphatic heterocycles. The average molecular weight is 516 g/mol. The van der Waals surface area contributed by atoms with Crippen molar-refractivity contribution in [2.45, 2.75) is 64.5 Å². The van der Waals surface area contributed by atoms with Crippen LogP contribution in [0.1, 0.15) is 56.6 Å². The molecule has 0 aliphatic carbocycles. The number of carbonyl (C=O) groups excluding carboxylic acids is 3. The maximum absolute atomic E-state index is 12.8.